The van der Waals surface area contributed by atoms with Crippen LogP contribution in [-0.4, -0.2) is 58.0 Å². The Hall–Kier alpha value is -4.22. The second kappa shape index (κ2) is 13.0. The number of rotatable bonds is 8. The summed E-state index contributed by atoms with van der Waals surface area (Å²) in [6.45, 7) is 2.04. The first-order valence-corrected chi connectivity index (χ1v) is 13.1. The lowest BCUT2D eigenvalue weighted by Crippen LogP contribution is -2.41. The highest BCUT2D eigenvalue weighted by Crippen LogP contribution is 2.31. The van der Waals surface area contributed by atoms with E-state index in [0.29, 0.717) is 49.1 Å². The SMILES string of the molecule is O=C(OCc1ccccc1[N+](=O)[O-])N1CCC(CC2CCN(C(=O)OCc3ccccc3[N+](=O)[O-])CC2)CC1. The number of ether oxygens (including phenoxy) is 2. The molecule has 2 saturated heterocycles. The molecule has 12 nitrogen and oxygen atoms in total. The van der Waals surface area contributed by atoms with Crippen LogP contribution in [0.5, 0.6) is 0 Å². The molecule has 0 saturated carbocycles. The molecule has 2 aliphatic heterocycles. The van der Waals surface area contributed by atoms with E-state index < -0.39 is 22.0 Å². The summed E-state index contributed by atoms with van der Waals surface area (Å²) in [4.78, 5) is 49.6. The van der Waals surface area contributed by atoms with Crippen molar-refractivity contribution in [3.05, 3.63) is 79.9 Å². The van der Waals surface area contributed by atoms with Gasteiger partial charge in [-0.05, 0) is 56.1 Å². The van der Waals surface area contributed by atoms with Crippen LogP contribution in [0.1, 0.15) is 43.2 Å². The second-order valence-corrected chi connectivity index (χ2v) is 9.98. The zero-order valence-electron chi connectivity index (χ0n) is 21.6. The van der Waals surface area contributed by atoms with Crippen molar-refractivity contribution >= 4 is 23.6 Å². The van der Waals surface area contributed by atoms with Crippen LogP contribution in [-0.2, 0) is 22.7 Å². The third-order valence-corrected chi connectivity index (χ3v) is 7.49. The first-order chi connectivity index (χ1) is 18.8. The molecule has 0 aliphatic carbocycles. The third-order valence-electron chi connectivity index (χ3n) is 7.49. The van der Waals surface area contributed by atoms with Gasteiger partial charge in [0.15, 0.2) is 0 Å². The van der Waals surface area contributed by atoms with Crippen LogP contribution in [0.4, 0.5) is 21.0 Å². The number of nitrogens with zero attached hydrogens (tertiary/aromatic N) is 4. The van der Waals surface area contributed by atoms with Gasteiger partial charge in [0.05, 0.1) is 21.0 Å². The van der Waals surface area contributed by atoms with Crippen LogP contribution in [0.2, 0.25) is 0 Å². The normalized spacial score (nSPS) is 16.5. The summed E-state index contributed by atoms with van der Waals surface area (Å²) in [5.41, 5.74) is 0.594. The minimum atomic E-state index is -0.485. The molecule has 2 amide bonds. The van der Waals surface area contributed by atoms with Crippen molar-refractivity contribution < 1.29 is 28.9 Å². The number of carbonyl (C=O) groups is 2. The number of amides is 2. The standard InChI is InChI=1S/C27H32N4O8/c32-26(38-18-22-5-1-3-7-24(22)30(34)35)28-13-9-20(10-14-28)17-21-11-15-29(16-12-21)27(33)39-19-23-6-2-4-8-25(23)31(36)37/h1-8,20-21H,9-19H2. The Bertz CT molecular complexity index is 1100. The van der Waals surface area contributed by atoms with Gasteiger partial charge in [-0.3, -0.25) is 20.2 Å². The number of benzene rings is 2. The van der Waals surface area contributed by atoms with E-state index in [1.54, 1.807) is 46.2 Å². The fraction of sp³-hybridized carbons (Fsp3) is 0.481. The van der Waals surface area contributed by atoms with Gasteiger partial charge in [-0.15, -0.1) is 0 Å². The molecule has 0 N–H and O–H groups in total. The van der Waals surface area contributed by atoms with Gasteiger partial charge in [0.25, 0.3) is 11.4 Å². The van der Waals surface area contributed by atoms with Gasteiger partial charge in [0.1, 0.15) is 13.2 Å². The van der Waals surface area contributed by atoms with E-state index in [9.17, 15) is 29.8 Å². The summed E-state index contributed by atoms with van der Waals surface area (Å²) in [6, 6.07) is 12.4. The smallest absolute Gasteiger partial charge is 0.410 e. The van der Waals surface area contributed by atoms with Crippen molar-refractivity contribution in [2.75, 3.05) is 26.2 Å². The van der Waals surface area contributed by atoms with E-state index in [1.807, 2.05) is 0 Å². The quantitative estimate of drug-likeness (QED) is 0.324. The minimum Gasteiger partial charge on any atom is -0.444 e. The molecular formula is C27H32N4O8. The van der Waals surface area contributed by atoms with Crippen molar-refractivity contribution in [3.8, 4) is 0 Å². The topological polar surface area (TPSA) is 145 Å². The molecule has 2 aromatic carbocycles. The maximum absolute atomic E-state index is 12.5. The van der Waals surface area contributed by atoms with Crippen molar-refractivity contribution in [2.24, 2.45) is 11.8 Å². The molecule has 4 rings (SSSR count). The molecule has 0 unspecified atom stereocenters. The van der Waals surface area contributed by atoms with Gasteiger partial charge in [-0.1, -0.05) is 24.3 Å². The lowest BCUT2D eigenvalue weighted by Gasteiger charge is -2.36. The third kappa shape index (κ3) is 7.43. The highest BCUT2D eigenvalue weighted by atomic mass is 16.6. The lowest BCUT2D eigenvalue weighted by molar-refractivity contribution is -0.386. The molecule has 12 heteroatoms. The van der Waals surface area contributed by atoms with Crippen LogP contribution in [0.3, 0.4) is 0 Å². The van der Waals surface area contributed by atoms with Crippen LogP contribution in [0.15, 0.2) is 48.5 Å². The average Bonchev–Trinajstić information content (AvgIpc) is 2.95. The van der Waals surface area contributed by atoms with Gasteiger partial charge in [0.2, 0.25) is 0 Å². The first kappa shape index (κ1) is 27.8. The first-order valence-electron chi connectivity index (χ1n) is 13.1. The Labute approximate surface area is 225 Å². The van der Waals surface area contributed by atoms with Crippen LogP contribution in [0.25, 0.3) is 0 Å². The summed E-state index contributed by atoms with van der Waals surface area (Å²) >= 11 is 0. The molecule has 2 fully saturated rings. The van der Waals surface area contributed by atoms with Crippen molar-refractivity contribution in [3.63, 3.8) is 0 Å². The number of nitro benzene ring substituents is 2. The van der Waals surface area contributed by atoms with Gasteiger partial charge < -0.3 is 19.3 Å². The Morgan fingerprint density at radius 2 is 1.05 bits per heavy atom. The van der Waals surface area contributed by atoms with E-state index in [4.69, 9.17) is 9.47 Å². The number of hydrogen-bond donors (Lipinski definition) is 0. The molecule has 208 valence electrons. The monoisotopic (exact) mass is 540 g/mol. The molecule has 2 aromatic rings. The molecular weight excluding hydrogens is 508 g/mol. The fourth-order valence-electron chi connectivity index (χ4n) is 5.26. The number of hydrogen-bond acceptors (Lipinski definition) is 8. The van der Waals surface area contributed by atoms with Crippen molar-refractivity contribution in [1.29, 1.82) is 0 Å². The van der Waals surface area contributed by atoms with Gasteiger partial charge in [-0.2, -0.15) is 0 Å². The second-order valence-electron chi connectivity index (χ2n) is 9.98. The summed E-state index contributed by atoms with van der Waals surface area (Å²) in [6.07, 6.45) is 3.55. The van der Waals surface area contributed by atoms with Crippen molar-refractivity contribution in [1.82, 2.24) is 9.80 Å². The van der Waals surface area contributed by atoms with E-state index in [2.05, 4.69) is 0 Å². The van der Waals surface area contributed by atoms with E-state index >= 15 is 0 Å². The Balaban J connectivity index is 1.15. The molecule has 2 aliphatic rings. The van der Waals surface area contributed by atoms with E-state index in [0.717, 1.165) is 32.1 Å². The maximum Gasteiger partial charge on any atom is 0.410 e. The zero-order chi connectivity index (χ0) is 27.8. The Morgan fingerprint density at radius 3 is 1.41 bits per heavy atom. The molecule has 39 heavy (non-hydrogen) atoms. The van der Waals surface area contributed by atoms with Crippen LogP contribution < -0.4 is 0 Å². The maximum atomic E-state index is 12.5. The van der Waals surface area contributed by atoms with Crippen molar-refractivity contribution in [2.45, 2.75) is 45.3 Å². The summed E-state index contributed by atoms with van der Waals surface area (Å²) in [7, 11) is 0. The van der Waals surface area contributed by atoms with Gasteiger partial charge in [0, 0.05) is 38.3 Å². The largest absolute Gasteiger partial charge is 0.444 e. The number of carbonyl (C=O) groups excluding carboxylic acids is 2. The predicted molar refractivity (Wildman–Crippen MR) is 140 cm³/mol. The Kier molecular flexibility index (Phi) is 9.29. The van der Waals surface area contributed by atoms with Crippen LogP contribution >= 0.6 is 0 Å². The van der Waals surface area contributed by atoms with E-state index in [-0.39, 0.29) is 24.6 Å². The summed E-state index contributed by atoms with van der Waals surface area (Å²) in [5, 5.41) is 22.3. The Morgan fingerprint density at radius 1 is 0.692 bits per heavy atom. The number of nitro groups is 2. The van der Waals surface area contributed by atoms with Gasteiger partial charge >= 0.3 is 12.2 Å². The minimum absolute atomic E-state index is 0.0662. The summed E-state index contributed by atoms with van der Waals surface area (Å²) in [5.74, 6) is 0.956. The number of likely N-dealkylation sites (tertiary alicyclic amines) is 2. The summed E-state index contributed by atoms with van der Waals surface area (Å²) < 4.78 is 10.7. The number of para-hydroxylation sites is 2. The molecule has 0 radical (unpaired) electrons. The predicted octanol–water partition coefficient (Wildman–Crippen LogP) is 5.29. The van der Waals surface area contributed by atoms with Gasteiger partial charge in [-0.25, -0.2) is 9.59 Å². The fourth-order valence-corrected chi connectivity index (χ4v) is 5.26. The molecule has 0 atom stereocenters. The van der Waals surface area contributed by atoms with Crippen LogP contribution in [0, 0.1) is 32.1 Å². The average molecular weight is 541 g/mol. The number of piperidine rings is 2. The molecule has 0 spiro atoms. The molecule has 0 aromatic heterocycles. The highest BCUT2D eigenvalue weighted by molar-refractivity contribution is 5.68. The zero-order valence-corrected chi connectivity index (χ0v) is 21.6. The molecule has 2 heterocycles. The van der Waals surface area contributed by atoms with E-state index in [1.165, 1.54) is 12.1 Å². The molecule has 0 bridgehead atoms. The highest BCUT2D eigenvalue weighted by Gasteiger charge is 2.29. The lowest BCUT2D eigenvalue weighted by atomic mass is 9.83.